The summed E-state index contributed by atoms with van der Waals surface area (Å²) in [5, 5.41) is 7.04. The van der Waals surface area contributed by atoms with Gasteiger partial charge in [-0.3, -0.25) is 10.9 Å². The lowest BCUT2D eigenvalue weighted by Gasteiger charge is -2.15. The topological polar surface area (TPSA) is 61.8 Å². The van der Waals surface area contributed by atoms with Gasteiger partial charge in [0.25, 0.3) is 0 Å². The highest BCUT2D eigenvalue weighted by Crippen LogP contribution is 2.16. The number of rotatable bonds is 5. The molecule has 0 saturated carbocycles. The van der Waals surface area contributed by atoms with Crippen LogP contribution in [0.15, 0.2) is 24.3 Å². The molecular weight excluding hydrogens is 306 g/mol. The smallest absolute Gasteiger partial charge is 0.189 e. The van der Waals surface area contributed by atoms with Gasteiger partial charge in [-0.05, 0) is 36.6 Å². The molecule has 116 valence electrons. The van der Waals surface area contributed by atoms with Gasteiger partial charge in [0.1, 0.15) is 5.75 Å². The fourth-order valence-electron chi connectivity index (χ4n) is 1.45. The first-order valence-electron chi connectivity index (χ1n) is 6.55. The molecule has 0 aliphatic heterocycles. The summed E-state index contributed by atoms with van der Waals surface area (Å²) >= 11 is 10.3. The number of nitrogens with one attached hydrogen (secondary N) is 5. The molecule has 1 aromatic carbocycles. The summed E-state index contributed by atoms with van der Waals surface area (Å²) in [5.41, 5.74) is 6.49. The Kier molecular flexibility index (Phi) is 7.73. The number of quaternary nitrogens is 1. The van der Waals surface area contributed by atoms with Crippen LogP contribution < -0.4 is 31.1 Å². The van der Waals surface area contributed by atoms with Crippen molar-refractivity contribution in [2.45, 2.75) is 0 Å². The molecule has 0 fully saturated rings. The molecule has 1 aromatic rings. The number of hydrogen-bond acceptors (Lipinski definition) is 3. The number of anilines is 1. The van der Waals surface area contributed by atoms with E-state index in [0.717, 1.165) is 24.5 Å². The molecule has 0 aliphatic carbocycles. The highest BCUT2D eigenvalue weighted by Gasteiger charge is 2.01. The fourth-order valence-corrected chi connectivity index (χ4v) is 1.77. The largest absolute Gasteiger partial charge is 0.497 e. The molecule has 1 rings (SSSR count). The average Bonchev–Trinajstić information content (AvgIpc) is 2.45. The van der Waals surface area contributed by atoms with Crippen LogP contribution >= 0.6 is 24.4 Å². The standard InChI is InChI=1S/C13H21N5OS2/c1-18(2)8-7-14-12(20)16-17-13(21)15-10-5-4-6-11(9-10)19-3/h4-6,9H,7-8H2,1-3H3,(H2,14,16,20)(H2,15,17,21)/p+1. The minimum atomic E-state index is 0.422. The summed E-state index contributed by atoms with van der Waals surface area (Å²) in [7, 11) is 5.80. The van der Waals surface area contributed by atoms with Crippen molar-refractivity contribution in [3.63, 3.8) is 0 Å². The van der Waals surface area contributed by atoms with Gasteiger partial charge in [-0.25, -0.2) is 0 Å². The lowest BCUT2D eigenvalue weighted by atomic mass is 10.3. The van der Waals surface area contributed by atoms with E-state index in [1.54, 1.807) is 7.11 Å². The van der Waals surface area contributed by atoms with Crippen LogP contribution in [-0.2, 0) is 0 Å². The molecule has 0 heterocycles. The predicted octanol–water partition coefficient (Wildman–Crippen LogP) is -0.495. The van der Waals surface area contributed by atoms with E-state index >= 15 is 0 Å². The van der Waals surface area contributed by atoms with E-state index in [4.69, 9.17) is 29.2 Å². The van der Waals surface area contributed by atoms with Crippen molar-refractivity contribution in [2.75, 3.05) is 39.6 Å². The van der Waals surface area contributed by atoms with Crippen LogP contribution in [0.3, 0.4) is 0 Å². The highest BCUT2D eigenvalue weighted by molar-refractivity contribution is 7.80. The Hall–Kier alpha value is -1.64. The van der Waals surface area contributed by atoms with Crippen LogP contribution in [0.5, 0.6) is 5.75 Å². The van der Waals surface area contributed by atoms with Crippen molar-refractivity contribution < 1.29 is 9.64 Å². The van der Waals surface area contributed by atoms with Crippen molar-refractivity contribution in [1.29, 1.82) is 0 Å². The third-order valence-corrected chi connectivity index (χ3v) is 2.98. The van der Waals surface area contributed by atoms with E-state index < -0.39 is 0 Å². The van der Waals surface area contributed by atoms with Gasteiger partial charge in [-0.1, -0.05) is 6.07 Å². The van der Waals surface area contributed by atoms with E-state index in [1.165, 1.54) is 4.90 Å². The van der Waals surface area contributed by atoms with Crippen molar-refractivity contribution >= 4 is 40.3 Å². The van der Waals surface area contributed by atoms with Gasteiger partial charge in [0.15, 0.2) is 10.2 Å². The van der Waals surface area contributed by atoms with E-state index in [1.807, 2.05) is 24.3 Å². The van der Waals surface area contributed by atoms with Crippen LogP contribution in [0, 0.1) is 0 Å². The number of thiocarbonyl (C=S) groups is 2. The zero-order valence-electron chi connectivity index (χ0n) is 12.4. The van der Waals surface area contributed by atoms with Gasteiger partial charge < -0.3 is 20.3 Å². The van der Waals surface area contributed by atoms with Crippen molar-refractivity contribution in [1.82, 2.24) is 16.2 Å². The molecule has 0 aromatic heterocycles. The molecule has 0 spiro atoms. The van der Waals surface area contributed by atoms with E-state index in [9.17, 15) is 0 Å². The summed E-state index contributed by atoms with van der Waals surface area (Å²) < 4.78 is 5.15. The summed E-state index contributed by atoms with van der Waals surface area (Å²) in [4.78, 5) is 1.36. The maximum Gasteiger partial charge on any atom is 0.189 e. The molecule has 5 N–H and O–H groups in total. The molecule has 0 amide bonds. The number of benzene rings is 1. The quantitative estimate of drug-likeness (QED) is 0.369. The molecule has 6 nitrogen and oxygen atoms in total. The minimum Gasteiger partial charge on any atom is -0.497 e. The van der Waals surface area contributed by atoms with Gasteiger partial charge >= 0.3 is 0 Å². The number of ether oxygens (including phenoxy) is 1. The van der Waals surface area contributed by atoms with Gasteiger partial charge in [0, 0.05) is 11.8 Å². The van der Waals surface area contributed by atoms with Crippen LogP contribution in [0.1, 0.15) is 0 Å². The Labute approximate surface area is 136 Å². The Balaban J connectivity index is 2.28. The van der Waals surface area contributed by atoms with E-state index in [-0.39, 0.29) is 0 Å². The molecule has 0 atom stereocenters. The van der Waals surface area contributed by atoms with E-state index in [0.29, 0.717) is 10.2 Å². The minimum absolute atomic E-state index is 0.422. The third kappa shape index (κ3) is 7.64. The second kappa shape index (κ2) is 9.32. The van der Waals surface area contributed by atoms with Crippen LogP contribution in [0.25, 0.3) is 0 Å². The van der Waals surface area contributed by atoms with Crippen molar-refractivity contribution in [2.24, 2.45) is 0 Å². The highest BCUT2D eigenvalue weighted by atomic mass is 32.1. The Morgan fingerprint density at radius 2 is 1.90 bits per heavy atom. The molecular formula is C13H22N5OS2+. The van der Waals surface area contributed by atoms with Crippen molar-refractivity contribution in [3.05, 3.63) is 24.3 Å². The first kappa shape index (κ1) is 17.4. The molecule has 0 saturated heterocycles. The number of hydrogen-bond donors (Lipinski definition) is 5. The van der Waals surface area contributed by atoms with Gasteiger partial charge in [0.05, 0.1) is 34.3 Å². The fraction of sp³-hybridized carbons (Fsp3) is 0.385. The van der Waals surface area contributed by atoms with Crippen LogP contribution in [0.2, 0.25) is 0 Å². The average molecular weight is 328 g/mol. The summed E-state index contributed by atoms with van der Waals surface area (Å²) in [6.07, 6.45) is 0. The monoisotopic (exact) mass is 328 g/mol. The van der Waals surface area contributed by atoms with Gasteiger partial charge in [0.2, 0.25) is 0 Å². The Bertz CT molecular complexity index is 481. The number of methoxy groups -OCH3 is 1. The normalized spacial score (nSPS) is 9.90. The summed E-state index contributed by atoms with van der Waals surface area (Å²) in [6.45, 7) is 1.78. The first-order chi connectivity index (χ1) is 10.0. The molecule has 21 heavy (non-hydrogen) atoms. The third-order valence-electron chi connectivity index (χ3n) is 2.53. The zero-order valence-corrected chi connectivity index (χ0v) is 14.1. The second-order valence-electron chi connectivity index (χ2n) is 4.65. The lowest BCUT2D eigenvalue weighted by Crippen LogP contribution is -3.06. The summed E-state index contributed by atoms with van der Waals surface area (Å²) in [5.74, 6) is 0.763. The molecule has 0 bridgehead atoms. The maximum atomic E-state index is 5.17. The summed E-state index contributed by atoms with van der Waals surface area (Å²) in [6, 6.07) is 7.50. The Morgan fingerprint density at radius 1 is 1.19 bits per heavy atom. The lowest BCUT2D eigenvalue weighted by molar-refractivity contribution is -0.856. The van der Waals surface area contributed by atoms with Crippen LogP contribution in [-0.4, -0.2) is 44.5 Å². The first-order valence-corrected chi connectivity index (χ1v) is 7.37. The maximum absolute atomic E-state index is 5.17. The number of likely N-dealkylation sites (N-methyl/N-ethyl adjacent to an activating group) is 1. The zero-order chi connectivity index (χ0) is 15.7. The van der Waals surface area contributed by atoms with Gasteiger partial charge in [-0.15, -0.1) is 0 Å². The molecule has 0 aliphatic rings. The van der Waals surface area contributed by atoms with E-state index in [2.05, 4.69) is 35.6 Å². The molecule has 0 unspecified atom stereocenters. The number of hydrazine groups is 1. The molecule has 8 heteroatoms. The van der Waals surface area contributed by atoms with Gasteiger partial charge in [-0.2, -0.15) is 0 Å². The second-order valence-corrected chi connectivity index (χ2v) is 5.47. The van der Waals surface area contributed by atoms with Crippen LogP contribution in [0.4, 0.5) is 5.69 Å². The Morgan fingerprint density at radius 3 is 2.57 bits per heavy atom. The van der Waals surface area contributed by atoms with Crippen molar-refractivity contribution in [3.8, 4) is 5.75 Å². The molecule has 0 radical (unpaired) electrons. The predicted molar refractivity (Wildman–Crippen MR) is 93.8 cm³/mol. The SMILES string of the molecule is COc1cccc(NC(=S)NNC(=S)NCC[NH+](C)C)c1.